The monoisotopic (exact) mass is 416 g/mol. The average Bonchev–Trinajstić information content (AvgIpc) is 3.01. The zero-order chi connectivity index (χ0) is 21.8. The molecule has 1 saturated heterocycles. The van der Waals surface area contributed by atoms with Crippen LogP contribution >= 0.6 is 0 Å². The fourth-order valence-corrected chi connectivity index (χ4v) is 3.68. The molecule has 1 aromatic carbocycles. The molecule has 1 aliphatic heterocycles. The van der Waals surface area contributed by atoms with Crippen LogP contribution in [0, 0.1) is 11.8 Å². The van der Waals surface area contributed by atoms with Crippen molar-refractivity contribution in [3.63, 3.8) is 0 Å². The Labute approximate surface area is 174 Å². The van der Waals surface area contributed by atoms with E-state index >= 15 is 0 Å². The van der Waals surface area contributed by atoms with Crippen LogP contribution in [0.1, 0.15) is 19.8 Å². The van der Waals surface area contributed by atoms with Crippen LogP contribution in [-0.2, 0) is 23.9 Å². The maximum atomic E-state index is 12.6. The minimum atomic E-state index is -1.09. The lowest BCUT2D eigenvalue weighted by atomic mass is 9.85. The maximum Gasteiger partial charge on any atom is 0.329 e. The summed E-state index contributed by atoms with van der Waals surface area (Å²) in [6.07, 6.45) is 4.72. The van der Waals surface area contributed by atoms with E-state index in [0.29, 0.717) is 30.0 Å². The van der Waals surface area contributed by atoms with Crippen molar-refractivity contribution in [1.29, 1.82) is 0 Å². The number of ether oxygens (including phenoxy) is 3. The predicted octanol–water partition coefficient (Wildman–Crippen LogP) is 1.53. The first-order valence-corrected chi connectivity index (χ1v) is 9.57. The minimum Gasteiger partial charge on any atom is -0.493 e. The van der Waals surface area contributed by atoms with Gasteiger partial charge in [-0.25, -0.2) is 4.79 Å². The molecule has 0 radical (unpaired) electrons. The van der Waals surface area contributed by atoms with Crippen molar-refractivity contribution < 1.29 is 33.4 Å². The van der Waals surface area contributed by atoms with Crippen LogP contribution < -0.4 is 14.8 Å². The number of carbonyl (C=O) groups is 4. The van der Waals surface area contributed by atoms with Gasteiger partial charge in [0, 0.05) is 11.8 Å². The molecule has 9 nitrogen and oxygen atoms in total. The summed E-state index contributed by atoms with van der Waals surface area (Å²) in [6.45, 7) is 0.872. The van der Waals surface area contributed by atoms with Gasteiger partial charge in [-0.05, 0) is 31.9 Å². The zero-order valence-electron chi connectivity index (χ0n) is 17.0. The zero-order valence-corrected chi connectivity index (χ0v) is 17.0. The van der Waals surface area contributed by atoms with E-state index in [1.54, 1.807) is 18.2 Å². The van der Waals surface area contributed by atoms with Crippen molar-refractivity contribution in [2.24, 2.45) is 11.8 Å². The molecule has 0 aromatic heterocycles. The lowest BCUT2D eigenvalue weighted by Crippen LogP contribution is -2.45. The Balaban J connectivity index is 1.55. The summed E-state index contributed by atoms with van der Waals surface area (Å²) >= 11 is 0. The van der Waals surface area contributed by atoms with Crippen molar-refractivity contribution >= 4 is 29.4 Å². The molecule has 2 aliphatic rings. The van der Waals surface area contributed by atoms with E-state index in [1.165, 1.54) is 21.1 Å². The number of nitrogens with zero attached hydrogens (tertiary/aromatic N) is 1. The number of carbonyl (C=O) groups excluding carboxylic acids is 4. The molecule has 3 rings (SSSR count). The molecule has 0 unspecified atom stereocenters. The second-order valence-corrected chi connectivity index (χ2v) is 7.10. The maximum absolute atomic E-state index is 12.6. The van der Waals surface area contributed by atoms with Gasteiger partial charge in [0.25, 0.3) is 5.91 Å². The van der Waals surface area contributed by atoms with Crippen LogP contribution in [-0.4, -0.2) is 55.5 Å². The highest BCUT2D eigenvalue weighted by Gasteiger charge is 2.50. The molecule has 30 heavy (non-hydrogen) atoms. The number of imide groups is 1. The van der Waals surface area contributed by atoms with Crippen LogP contribution in [0.4, 0.5) is 5.69 Å². The Bertz CT molecular complexity index is 869. The molecule has 1 heterocycles. The molecule has 0 spiro atoms. The number of hydrogen-bond donors (Lipinski definition) is 1. The molecule has 0 bridgehead atoms. The van der Waals surface area contributed by atoms with Crippen LogP contribution in [0.15, 0.2) is 30.4 Å². The number of fused-ring (bicyclic) bond motifs is 1. The van der Waals surface area contributed by atoms with Gasteiger partial charge in [0.1, 0.15) is 6.04 Å². The van der Waals surface area contributed by atoms with Gasteiger partial charge < -0.3 is 19.5 Å². The largest absolute Gasteiger partial charge is 0.493 e. The summed E-state index contributed by atoms with van der Waals surface area (Å²) in [5.74, 6) is -2.03. The molecule has 3 amide bonds. The predicted molar refractivity (Wildman–Crippen MR) is 106 cm³/mol. The third kappa shape index (κ3) is 4.14. The molecule has 1 aliphatic carbocycles. The van der Waals surface area contributed by atoms with Crippen molar-refractivity contribution in [2.45, 2.75) is 25.8 Å². The SMILES string of the molecule is COc1ccc(NC(=O)COC(=O)[C@H](C)N2C(=O)[C@H]3CC=CC[C@@H]3C2=O)cc1OC. The summed E-state index contributed by atoms with van der Waals surface area (Å²) in [5.41, 5.74) is 0.434. The average molecular weight is 416 g/mol. The summed E-state index contributed by atoms with van der Waals surface area (Å²) in [6, 6.07) is 3.71. The lowest BCUT2D eigenvalue weighted by molar-refractivity contribution is -0.159. The number of esters is 1. The Kier molecular flexibility index (Phi) is 6.39. The van der Waals surface area contributed by atoms with Crippen LogP contribution in [0.5, 0.6) is 11.5 Å². The summed E-state index contributed by atoms with van der Waals surface area (Å²) in [5, 5.41) is 2.58. The number of rotatable bonds is 7. The quantitative estimate of drug-likeness (QED) is 0.408. The summed E-state index contributed by atoms with van der Waals surface area (Å²) < 4.78 is 15.3. The molecule has 1 N–H and O–H groups in total. The van der Waals surface area contributed by atoms with E-state index in [4.69, 9.17) is 14.2 Å². The molecular weight excluding hydrogens is 392 g/mol. The fraction of sp³-hybridized carbons (Fsp3) is 0.429. The smallest absolute Gasteiger partial charge is 0.329 e. The number of nitrogens with one attached hydrogen (secondary N) is 1. The van der Waals surface area contributed by atoms with E-state index in [2.05, 4.69) is 5.32 Å². The first kappa shape index (κ1) is 21.4. The van der Waals surface area contributed by atoms with Crippen LogP contribution in [0.3, 0.4) is 0 Å². The van der Waals surface area contributed by atoms with Crippen LogP contribution in [0.2, 0.25) is 0 Å². The Morgan fingerprint density at radius 3 is 2.23 bits per heavy atom. The number of allylic oxidation sites excluding steroid dienone is 2. The Morgan fingerprint density at radius 1 is 1.07 bits per heavy atom. The number of hydrogen-bond acceptors (Lipinski definition) is 7. The highest BCUT2D eigenvalue weighted by Crippen LogP contribution is 2.36. The van der Waals surface area contributed by atoms with Crippen molar-refractivity contribution in [2.75, 3.05) is 26.1 Å². The number of amides is 3. The van der Waals surface area contributed by atoms with Crippen LogP contribution in [0.25, 0.3) is 0 Å². The molecule has 3 atom stereocenters. The third-order valence-electron chi connectivity index (χ3n) is 5.28. The van der Waals surface area contributed by atoms with Gasteiger partial charge in [-0.3, -0.25) is 19.3 Å². The molecule has 1 fully saturated rings. The summed E-state index contributed by atoms with van der Waals surface area (Å²) in [7, 11) is 2.97. The van der Waals surface area contributed by atoms with E-state index < -0.39 is 36.4 Å². The number of likely N-dealkylation sites (tertiary alicyclic amines) is 1. The second-order valence-electron chi connectivity index (χ2n) is 7.10. The Morgan fingerprint density at radius 2 is 1.67 bits per heavy atom. The van der Waals surface area contributed by atoms with E-state index in [0.717, 1.165) is 4.90 Å². The molecular formula is C21H24N2O7. The molecule has 9 heteroatoms. The van der Waals surface area contributed by atoms with Gasteiger partial charge in [0.15, 0.2) is 18.1 Å². The lowest BCUT2D eigenvalue weighted by Gasteiger charge is -2.21. The van der Waals surface area contributed by atoms with Gasteiger partial charge in [-0.2, -0.15) is 0 Å². The second kappa shape index (κ2) is 8.98. The number of methoxy groups -OCH3 is 2. The summed E-state index contributed by atoms with van der Waals surface area (Å²) in [4.78, 5) is 50.6. The molecule has 160 valence electrons. The van der Waals surface area contributed by atoms with Gasteiger partial charge in [-0.15, -0.1) is 0 Å². The van der Waals surface area contributed by atoms with Gasteiger partial charge in [0.05, 0.1) is 26.1 Å². The topological polar surface area (TPSA) is 111 Å². The van der Waals surface area contributed by atoms with Crippen molar-refractivity contribution in [1.82, 2.24) is 4.90 Å². The van der Waals surface area contributed by atoms with Gasteiger partial charge in [0.2, 0.25) is 11.8 Å². The van der Waals surface area contributed by atoms with Crippen molar-refractivity contribution in [3.8, 4) is 11.5 Å². The third-order valence-corrected chi connectivity index (χ3v) is 5.28. The molecule has 0 saturated carbocycles. The first-order valence-electron chi connectivity index (χ1n) is 9.57. The van der Waals surface area contributed by atoms with E-state index in [-0.39, 0.29) is 11.8 Å². The number of benzene rings is 1. The van der Waals surface area contributed by atoms with Gasteiger partial charge in [-0.1, -0.05) is 12.2 Å². The first-order chi connectivity index (χ1) is 14.4. The number of anilines is 1. The standard InChI is InChI=1S/C21H24N2O7/c1-12(23-19(25)14-6-4-5-7-15(14)20(23)26)21(27)30-11-18(24)22-13-8-9-16(28-2)17(10-13)29-3/h4-5,8-10,12,14-15H,6-7,11H2,1-3H3,(H,22,24)/t12-,14-,15-/m0/s1. The highest BCUT2D eigenvalue weighted by molar-refractivity contribution is 6.08. The van der Waals surface area contributed by atoms with E-state index in [9.17, 15) is 19.2 Å². The fourth-order valence-electron chi connectivity index (χ4n) is 3.68. The van der Waals surface area contributed by atoms with E-state index in [1.807, 2.05) is 12.2 Å². The van der Waals surface area contributed by atoms with Gasteiger partial charge >= 0.3 is 5.97 Å². The normalized spacial score (nSPS) is 21.1. The molecule has 1 aromatic rings. The highest BCUT2D eigenvalue weighted by atomic mass is 16.5. The van der Waals surface area contributed by atoms with Crippen molar-refractivity contribution in [3.05, 3.63) is 30.4 Å². The minimum absolute atomic E-state index is 0.367. The Hall–Kier alpha value is -3.36.